The van der Waals surface area contributed by atoms with Crippen molar-refractivity contribution in [3.05, 3.63) is 0 Å². The Labute approximate surface area is 116 Å². The first-order valence-electron chi connectivity index (χ1n) is 6.53. The van der Waals surface area contributed by atoms with Gasteiger partial charge < -0.3 is 15.5 Å². The van der Waals surface area contributed by atoms with Gasteiger partial charge in [-0.15, -0.1) is 0 Å². The Morgan fingerprint density at radius 3 is 2.28 bits per heavy atom. The molecule has 1 amide bonds. The molecular formula is C13H27N3OS. The highest BCUT2D eigenvalue weighted by Crippen LogP contribution is 2.04. The third-order valence-corrected chi connectivity index (χ3v) is 2.87. The van der Waals surface area contributed by atoms with E-state index in [0.717, 1.165) is 32.5 Å². The molecule has 0 fully saturated rings. The predicted octanol–water partition coefficient (Wildman–Crippen LogP) is 1.49. The SMILES string of the molecule is CC(C)CN(CCCC(=O)N(C)C)CCC(N)=S. The van der Waals surface area contributed by atoms with E-state index in [0.29, 0.717) is 17.3 Å². The van der Waals surface area contributed by atoms with Gasteiger partial charge in [-0.05, 0) is 18.9 Å². The number of rotatable bonds is 9. The second kappa shape index (κ2) is 9.28. The third kappa shape index (κ3) is 9.36. The van der Waals surface area contributed by atoms with Crippen molar-refractivity contribution in [2.24, 2.45) is 11.7 Å². The van der Waals surface area contributed by atoms with Gasteiger partial charge in [-0.2, -0.15) is 0 Å². The molecule has 0 aliphatic rings. The largest absolute Gasteiger partial charge is 0.393 e. The number of carbonyl (C=O) groups is 1. The fourth-order valence-electron chi connectivity index (χ4n) is 1.76. The molecule has 0 atom stereocenters. The van der Waals surface area contributed by atoms with E-state index >= 15 is 0 Å². The molecule has 4 nitrogen and oxygen atoms in total. The van der Waals surface area contributed by atoms with Gasteiger partial charge in [0.15, 0.2) is 0 Å². The van der Waals surface area contributed by atoms with E-state index in [2.05, 4.69) is 18.7 Å². The summed E-state index contributed by atoms with van der Waals surface area (Å²) in [5.74, 6) is 0.801. The van der Waals surface area contributed by atoms with Crippen LogP contribution in [-0.2, 0) is 4.79 Å². The van der Waals surface area contributed by atoms with Crippen LogP contribution in [0.3, 0.4) is 0 Å². The highest BCUT2D eigenvalue weighted by molar-refractivity contribution is 7.80. The number of amides is 1. The van der Waals surface area contributed by atoms with E-state index in [4.69, 9.17) is 18.0 Å². The summed E-state index contributed by atoms with van der Waals surface area (Å²) in [6, 6.07) is 0. The van der Waals surface area contributed by atoms with Crippen LogP contribution in [0, 0.1) is 5.92 Å². The molecule has 106 valence electrons. The van der Waals surface area contributed by atoms with E-state index in [1.807, 2.05) is 0 Å². The zero-order valence-corrected chi connectivity index (χ0v) is 12.9. The van der Waals surface area contributed by atoms with Crippen molar-refractivity contribution in [1.29, 1.82) is 0 Å². The molecule has 5 heteroatoms. The van der Waals surface area contributed by atoms with Crippen LogP contribution < -0.4 is 5.73 Å². The molecule has 0 aromatic carbocycles. The van der Waals surface area contributed by atoms with Crippen LogP contribution in [0.2, 0.25) is 0 Å². The first-order valence-corrected chi connectivity index (χ1v) is 6.94. The number of nitrogens with two attached hydrogens (primary N) is 1. The van der Waals surface area contributed by atoms with Crippen molar-refractivity contribution < 1.29 is 4.79 Å². The number of hydrogen-bond donors (Lipinski definition) is 1. The van der Waals surface area contributed by atoms with E-state index in [9.17, 15) is 4.79 Å². The van der Waals surface area contributed by atoms with Crippen LogP contribution >= 0.6 is 12.2 Å². The normalized spacial score (nSPS) is 11.0. The lowest BCUT2D eigenvalue weighted by Crippen LogP contribution is -2.32. The van der Waals surface area contributed by atoms with Gasteiger partial charge in [0.25, 0.3) is 0 Å². The zero-order valence-electron chi connectivity index (χ0n) is 12.1. The number of thiocarbonyl (C=S) groups is 1. The summed E-state index contributed by atoms with van der Waals surface area (Å²) < 4.78 is 0. The second-order valence-corrected chi connectivity index (χ2v) is 5.83. The van der Waals surface area contributed by atoms with Gasteiger partial charge in [0.1, 0.15) is 0 Å². The summed E-state index contributed by atoms with van der Waals surface area (Å²) in [6.07, 6.45) is 2.25. The molecule has 0 saturated carbocycles. The summed E-state index contributed by atoms with van der Waals surface area (Å²) in [5, 5.41) is 0. The van der Waals surface area contributed by atoms with Gasteiger partial charge in [0.2, 0.25) is 5.91 Å². The Balaban J connectivity index is 4.00. The van der Waals surface area contributed by atoms with Gasteiger partial charge >= 0.3 is 0 Å². The average molecular weight is 273 g/mol. The minimum absolute atomic E-state index is 0.189. The van der Waals surface area contributed by atoms with Crippen molar-refractivity contribution in [3.8, 4) is 0 Å². The number of nitrogens with zero attached hydrogens (tertiary/aromatic N) is 2. The fourth-order valence-corrected chi connectivity index (χ4v) is 1.85. The van der Waals surface area contributed by atoms with Crippen LogP contribution in [0.1, 0.15) is 33.1 Å². The molecule has 18 heavy (non-hydrogen) atoms. The quantitative estimate of drug-likeness (QED) is 0.647. The summed E-state index contributed by atoms with van der Waals surface area (Å²) >= 11 is 4.91. The molecule has 0 heterocycles. The molecule has 0 aliphatic carbocycles. The molecule has 0 spiro atoms. The van der Waals surface area contributed by atoms with Gasteiger partial charge in [0, 0.05) is 40.0 Å². The first kappa shape index (κ1) is 17.3. The van der Waals surface area contributed by atoms with E-state index in [1.165, 1.54) is 0 Å². The molecule has 0 radical (unpaired) electrons. The molecular weight excluding hydrogens is 246 g/mol. The maximum absolute atomic E-state index is 11.5. The van der Waals surface area contributed by atoms with Gasteiger partial charge in [-0.25, -0.2) is 0 Å². The third-order valence-electron chi connectivity index (χ3n) is 2.66. The minimum Gasteiger partial charge on any atom is -0.393 e. The minimum atomic E-state index is 0.189. The molecule has 0 rings (SSSR count). The monoisotopic (exact) mass is 273 g/mol. The van der Waals surface area contributed by atoms with E-state index in [-0.39, 0.29) is 5.91 Å². The number of hydrogen-bond acceptors (Lipinski definition) is 3. The Kier molecular flexibility index (Phi) is 8.93. The second-order valence-electron chi connectivity index (χ2n) is 5.30. The highest BCUT2D eigenvalue weighted by Gasteiger charge is 2.09. The number of carbonyl (C=O) groups excluding carboxylic acids is 1. The van der Waals surface area contributed by atoms with Crippen molar-refractivity contribution in [2.45, 2.75) is 33.1 Å². The Morgan fingerprint density at radius 1 is 1.22 bits per heavy atom. The van der Waals surface area contributed by atoms with Crippen LogP contribution in [0.5, 0.6) is 0 Å². The van der Waals surface area contributed by atoms with Crippen LogP contribution in [0.4, 0.5) is 0 Å². The molecule has 0 aromatic rings. The van der Waals surface area contributed by atoms with Crippen molar-refractivity contribution in [2.75, 3.05) is 33.7 Å². The standard InChI is InChI=1S/C13H27N3OS/c1-11(2)10-16(9-7-12(14)18)8-5-6-13(17)15(3)4/h11H,5-10H2,1-4H3,(H2,14,18). The Bertz CT molecular complexity index is 267. The summed E-state index contributed by atoms with van der Waals surface area (Å²) in [6.45, 7) is 7.24. The molecule has 0 bridgehead atoms. The van der Waals surface area contributed by atoms with Crippen molar-refractivity contribution >= 4 is 23.1 Å². The fraction of sp³-hybridized carbons (Fsp3) is 0.846. The van der Waals surface area contributed by atoms with E-state index < -0.39 is 0 Å². The highest BCUT2D eigenvalue weighted by atomic mass is 32.1. The maximum Gasteiger partial charge on any atom is 0.222 e. The topological polar surface area (TPSA) is 49.6 Å². The Morgan fingerprint density at radius 2 is 1.83 bits per heavy atom. The maximum atomic E-state index is 11.5. The van der Waals surface area contributed by atoms with Crippen molar-refractivity contribution in [3.63, 3.8) is 0 Å². The van der Waals surface area contributed by atoms with Crippen LogP contribution in [0.15, 0.2) is 0 Å². The van der Waals surface area contributed by atoms with Gasteiger partial charge in [-0.1, -0.05) is 26.1 Å². The Hall–Kier alpha value is -0.680. The molecule has 0 aromatic heterocycles. The summed E-state index contributed by atoms with van der Waals surface area (Å²) in [4.78, 5) is 16.0. The van der Waals surface area contributed by atoms with Crippen molar-refractivity contribution in [1.82, 2.24) is 9.80 Å². The van der Waals surface area contributed by atoms with Gasteiger partial charge in [0.05, 0.1) is 4.99 Å². The van der Waals surface area contributed by atoms with Gasteiger partial charge in [-0.3, -0.25) is 4.79 Å². The van der Waals surface area contributed by atoms with Crippen LogP contribution in [0.25, 0.3) is 0 Å². The molecule has 0 aliphatic heterocycles. The van der Waals surface area contributed by atoms with E-state index in [1.54, 1.807) is 19.0 Å². The summed E-state index contributed by atoms with van der Waals surface area (Å²) in [7, 11) is 3.59. The lowest BCUT2D eigenvalue weighted by Gasteiger charge is -2.24. The van der Waals surface area contributed by atoms with Crippen LogP contribution in [-0.4, -0.2) is 54.4 Å². The predicted molar refractivity (Wildman–Crippen MR) is 80.6 cm³/mol. The average Bonchev–Trinajstić information content (AvgIpc) is 2.24. The molecule has 0 unspecified atom stereocenters. The lowest BCUT2D eigenvalue weighted by atomic mass is 10.2. The zero-order chi connectivity index (χ0) is 14.1. The smallest absolute Gasteiger partial charge is 0.222 e. The first-order chi connectivity index (χ1) is 8.32. The lowest BCUT2D eigenvalue weighted by molar-refractivity contribution is -0.128. The summed E-state index contributed by atoms with van der Waals surface area (Å²) in [5.41, 5.74) is 5.53. The molecule has 2 N–H and O–H groups in total. The molecule has 0 saturated heterocycles.